The number of nitrogens with zero attached hydrogens (tertiary/aromatic N) is 3. The number of rotatable bonds is 8. The van der Waals surface area contributed by atoms with E-state index in [0.717, 1.165) is 34.0 Å². The normalized spacial score (nSPS) is 17.8. The zero-order chi connectivity index (χ0) is 23.8. The van der Waals surface area contributed by atoms with E-state index >= 15 is 0 Å². The molecule has 2 amide bonds. The Balaban J connectivity index is 1.48. The second-order valence-corrected chi connectivity index (χ2v) is 11.0. The molecular formula is C25H31N3O4S. The zero-order valence-electron chi connectivity index (χ0n) is 19.4. The molecule has 2 aliphatic rings. The first-order valence-corrected chi connectivity index (χ1v) is 12.9. The summed E-state index contributed by atoms with van der Waals surface area (Å²) in [6.45, 7) is 4.56. The van der Waals surface area contributed by atoms with E-state index in [1.54, 1.807) is 23.1 Å². The lowest BCUT2D eigenvalue weighted by Gasteiger charge is -2.25. The van der Waals surface area contributed by atoms with Crippen LogP contribution >= 0.6 is 0 Å². The van der Waals surface area contributed by atoms with Crippen LogP contribution in [0.1, 0.15) is 37.8 Å². The number of anilines is 1. The van der Waals surface area contributed by atoms with E-state index in [9.17, 15) is 18.0 Å². The molecular weight excluding hydrogens is 438 g/mol. The number of carbonyl (C=O) groups is 2. The van der Waals surface area contributed by atoms with Crippen molar-refractivity contribution in [1.29, 1.82) is 0 Å². The first kappa shape index (κ1) is 23.4. The average molecular weight is 470 g/mol. The number of hydrogen-bond donors (Lipinski definition) is 0. The Morgan fingerprint density at radius 1 is 1.09 bits per heavy atom. The van der Waals surface area contributed by atoms with Crippen LogP contribution in [0.5, 0.6) is 0 Å². The number of hydrogen-bond acceptors (Lipinski definition) is 4. The molecule has 2 aromatic carbocycles. The van der Waals surface area contributed by atoms with Gasteiger partial charge in [0.25, 0.3) is 0 Å². The van der Waals surface area contributed by atoms with Gasteiger partial charge in [-0.3, -0.25) is 9.59 Å². The highest BCUT2D eigenvalue weighted by atomic mass is 32.2. The Kier molecular flexibility index (Phi) is 6.59. The summed E-state index contributed by atoms with van der Waals surface area (Å²) in [6, 6.07) is 14.6. The third-order valence-corrected chi connectivity index (χ3v) is 8.25. The molecule has 1 saturated carbocycles. The van der Waals surface area contributed by atoms with Gasteiger partial charge in [-0.15, -0.1) is 0 Å². The second kappa shape index (κ2) is 9.27. The molecule has 33 heavy (non-hydrogen) atoms. The second-order valence-electron chi connectivity index (χ2n) is 8.98. The third kappa shape index (κ3) is 4.82. The van der Waals surface area contributed by atoms with Crippen molar-refractivity contribution < 1.29 is 18.0 Å². The summed E-state index contributed by atoms with van der Waals surface area (Å²) in [4.78, 5) is 29.1. The van der Waals surface area contributed by atoms with Gasteiger partial charge in [0.05, 0.1) is 11.4 Å². The topological polar surface area (TPSA) is 78.0 Å². The van der Waals surface area contributed by atoms with Gasteiger partial charge in [0.1, 0.15) is 0 Å². The minimum absolute atomic E-state index is 0.0152. The summed E-state index contributed by atoms with van der Waals surface area (Å²) < 4.78 is 27.6. The molecule has 1 aliphatic carbocycles. The molecule has 0 aromatic heterocycles. The lowest BCUT2D eigenvalue weighted by molar-refractivity contribution is -0.131. The Labute approximate surface area is 196 Å². The maximum atomic E-state index is 13.2. The van der Waals surface area contributed by atoms with Crippen LogP contribution in [0.2, 0.25) is 0 Å². The van der Waals surface area contributed by atoms with Crippen LogP contribution < -0.4 is 4.90 Å². The maximum Gasteiger partial charge on any atom is 0.243 e. The van der Waals surface area contributed by atoms with Crippen molar-refractivity contribution in [1.82, 2.24) is 9.21 Å². The Bertz CT molecular complexity index is 1150. The molecule has 0 spiro atoms. The molecule has 1 fully saturated rings. The predicted molar refractivity (Wildman–Crippen MR) is 127 cm³/mol. The van der Waals surface area contributed by atoms with Crippen LogP contribution in [-0.4, -0.2) is 55.6 Å². The molecule has 1 atom stereocenters. The van der Waals surface area contributed by atoms with E-state index < -0.39 is 10.0 Å². The Morgan fingerprint density at radius 2 is 1.79 bits per heavy atom. The largest absolute Gasteiger partial charge is 0.338 e. The molecule has 7 nitrogen and oxygen atoms in total. The highest BCUT2D eigenvalue weighted by Gasteiger charge is 2.40. The third-order valence-electron chi connectivity index (χ3n) is 6.45. The number of fused-ring (bicyclic) bond motifs is 1. The molecule has 2 aromatic rings. The van der Waals surface area contributed by atoms with Gasteiger partial charge in [0.2, 0.25) is 21.8 Å². The minimum Gasteiger partial charge on any atom is -0.338 e. The standard InChI is InChI=1S/C25H31N3O4S/c1-4-27(16-19-8-6-5-7-9-19)24(29)17-26(3)33(31,32)22-12-13-23-21(15-22)14-18(2)28(23)25(30)20-10-11-20/h5-9,12-13,15,18,20H,4,10-11,14,16-17H2,1-3H3/t18-/m1/s1. The predicted octanol–water partition coefficient (Wildman–Crippen LogP) is 3.04. The van der Waals surface area contributed by atoms with Crippen LogP contribution in [0.3, 0.4) is 0 Å². The molecule has 1 heterocycles. The van der Waals surface area contributed by atoms with Crippen molar-refractivity contribution in [3.05, 3.63) is 59.7 Å². The van der Waals surface area contributed by atoms with E-state index in [1.807, 2.05) is 49.1 Å². The van der Waals surface area contributed by atoms with E-state index in [0.29, 0.717) is 19.5 Å². The molecule has 0 saturated heterocycles. The fraction of sp³-hybridized carbons (Fsp3) is 0.440. The first-order valence-electron chi connectivity index (χ1n) is 11.5. The maximum absolute atomic E-state index is 13.2. The Morgan fingerprint density at radius 3 is 2.42 bits per heavy atom. The van der Waals surface area contributed by atoms with Gasteiger partial charge in [0, 0.05) is 37.8 Å². The molecule has 4 rings (SSSR count). The highest BCUT2D eigenvalue weighted by molar-refractivity contribution is 7.89. The van der Waals surface area contributed by atoms with Gasteiger partial charge in [-0.2, -0.15) is 4.31 Å². The van der Waals surface area contributed by atoms with Gasteiger partial charge >= 0.3 is 0 Å². The van der Waals surface area contributed by atoms with Crippen molar-refractivity contribution in [2.75, 3.05) is 25.0 Å². The van der Waals surface area contributed by atoms with Gasteiger partial charge in [-0.05, 0) is 62.4 Å². The van der Waals surface area contributed by atoms with E-state index in [4.69, 9.17) is 0 Å². The lowest BCUT2D eigenvalue weighted by atomic mass is 10.1. The average Bonchev–Trinajstić information content (AvgIpc) is 3.59. The molecule has 0 bridgehead atoms. The molecule has 0 N–H and O–H groups in total. The summed E-state index contributed by atoms with van der Waals surface area (Å²) in [7, 11) is -2.41. The van der Waals surface area contributed by atoms with Gasteiger partial charge in [0.15, 0.2) is 0 Å². The number of sulfonamides is 1. The van der Waals surface area contributed by atoms with E-state index in [2.05, 4.69) is 0 Å². The number of benzene rings is 2. The zero-order valence-corrected chi connectivity index (χ0v) is 20.2. The van der Waals surface area contributed by atoms with Gasteiger partial charge in [-0.25, -0.2) is 8.42 Å². The highest BCUT2D eigenvalue weighted by Crippen LogP contribution is 2.39. The van der Waals surface area contributed by atoms with Crippen molar-refractivity contribution in [3.8, 4) is 0 Å². The monoisotopic (exact) mass is 469 g/mol. The molecule has 0 radical (unpaired) electrons. The van der Waals surface area contributed by atoms with E-state index in [-0.39, 0.29) is 35.2 Å². The van der Waals surface area contributed by atoms with Crippen molar-refractivity contribution in [2.45, 2.75) is 50.6 Å². The SMILES string of the molecule is CCN(Cc1ccccc1)C(=O)CN(C)S(=O)(=O)c1ccc2c(c1)C[C@@H](C)N2C(=O)C1CC1. The summed E-state index contributed by atoms with van der Waals surface area (Å²) in [6.07, 6.45) is 2.49. The summed E-state index contributed by atoms with van der Waals surface area (Å²) in [5.41, 5.74) is 2.66. The molecule has 8 heteroatoms. The lowest BCUT2D eigenvalue weighted by Crippen LogP contribution is -2.40. The molecule has 1 aliphatic heterocycles. The fourth-order valence-corrected chi connectivity index (χ4v) is 5.54. The summed E-state index contributed by atoms with van der Waals surface area (Å²) in [5, 5.41) is 0. The van der Waals surface area contributed by atoms with Gasteiger partial charge < -0.3 is 9.80 Å². The van der Waals surface area contributed by atoms with Crippen LogP contribution in [0, 0.1) is 5.92 Å². The molecule has 0 unspecified atom stereocenters. The molecule has 176 valence electrons. The van der Waals surface area contributed by atoms with Crippen molar-refractivity contribution in [2.24, 2.45) is 5.92 Å². The quantitative estimate of drug-likeness (QED) is 0.595. The van der Waals surface area contributed by atoms with Crippen LogP contribution in [0.25, 0.3) is 0 Å². The smallest absolute Gasteiger partial charge is 0.243 e. The van der Waals surface area contributed by atoms with E-state index in [1.165, 1.54) is 7.05 Å². The number of carbonyl (C=O) groups excluding carboxylic acids is 2. The van der Waals surface area contributed by atoms with Crippen LogP contribution in [-0.2, 0) is 32.6 Å². The van der Waals surface area contributed by atoms with Crippen molar-refractivity contribution in [3.63, 3.8) is 0 Å². The van der Waals surface area contributed by atoms with Crippen molar-refractivity contribution >= 4 is 27.5 Å². The first-order chi connectivity index (χ1) is 15.7. The minimum atomic E-state index is -3.85. The van der Waals surface area contributed by atoms with Crippen LogP contribution in [0.15, 0.2) is 53.4 Å². The van der Waals surface area contributed by atoms with Crippen LogP contribution in [0.4, 0.5) is 5.69 Å². The summed E-state index contributed by atoms with van der Waals surface area (Å²) in [5.74, 6) is -0.00240. The number of amides is 2. The fourth-order valence-electron chi connectivity index (χ4n) is 4.37. The Hall–Kier alpha value is -2.71. The number of likely N-dealkylation sites (N-methyl/N-ethyl adjacent to an activating group) is 2. The van der Waals surface area contributed by atoms with Gasteiger partial charge in [-0.1, -0.05) is 30.3 Å². The summed E-state index contributed by atoms with van der Waals surface area (Å²) >= 11 is 0.